The molecule has 140 valence electrons. The number of halogens is 1. The third-order valence-corrected chi connectivity index (χ3v) is 4.29. The van der Waals surface area contributed by atoms with Gasteiger partial charge in [0.1, 0.15) is 11.4 Å². The van der Waals surface area contributed by atoms with E-state index in [2.05, 4.69) is 20.6 Å². The molecule has 2 aromatic carbocycles. The van der Waals surface area contributed by atoms with E-state index < -0.39 is 5.91 Å². The summed E-state index contributed by atoms with van der Waals surface area (Å²) in [5, 5.41) is 15.2. The average molecular weight is 394 g/mol. The fraction of sp³-hybridized carbons (Fsp3) is 0.100. The van der Waals surface area contributed by atoms with Gasteiger partial charge in [-0.25, -0.2) is 9.97 Å². The van der Waals surface area contributed by atoms with Crippen LogP contribution in [-0.2, 0) is 0 Å². The molecule has 0 aliphatic rings. The second-order valence-corrected chi connectivity index (χ2v) is 6.24. The van der Waals surface area contributed by atoms with Crippen LogP contribution >= 0.6 is 11.6 Å². The van der Waals surface area contributed by atoms with E-state index in [1.165, 1.54) is 19.4 Å². The van der Waals surface area contributed by atoms with Crippen molar-refractivity contribution in [3.8, 4) is 11.8 Å². The summed E-state index contributed by atoms with van der Waals surface area (Å²) in [6.45, 7) is 1.87. The van der Waals surface area contributed by atoms with Crippen LogP contribution in [0.4, 0.5) is 17.3 Å². The van der Waals surface area contributed by atoms with Crippen molar-refractivity contribution in [3.05, 3.63) is 70.5 Å². The molecule has 0 bridgehead atoms. The second kappa shape index (κ2) is 8.37. The van der Waals surface area contributed by atoms with Crippen LogP contribution in [-0.4, -0.2) is 23.0 Å². The van der Waals surface area contributed by atoms with Crippen molar-refractivity contribution in [1.29, 1.82) is 5.26 Å². The number of rotatable bonds is 5. The molecular formula is C20H16ClN5O2. The SMILES string of the molecule is COc1cc(Cl)c(C)cc1Nc1nccc(C(=O)Nc2ccc(C#N)cc2)n1. The number of nitriles is 1. The number of nitrogens with zero attached hydrogens (tertiary/aromatic N) is 3. The number of methoxy groups -OCH3 is 1. The highest BCUT2D eigenvalue weighted by Crippen LogP contribution is 2.32. The summed E-state index contributed by atoms with van der Waals surface area (Å²) in [6, 6.07) is 13.6. The standard InChI is InChI=1S/C20H16ClN5O2/c1-12-9-17(18(28-2)10-15(12)21)26-20-23-8-7-16(25-20)19(27)24-14-5-3-13(11-22)4-6-14/h3-10H,1-2H3,(H,24,27)(H,23,25,26). The first-order valence-electron chi connectivity index (χ1n) is 8.26. The van der Waals surface area contributed by atoms with Crippen LogP contribution in [0.2, 0.25) is 5.02 Å². The number of carbonyl (C=O) groups is 1. The molecule has 1 aromatic heterocycles. The van der Waals surface area contributed by atoms with E-state index in [0.29, 0.717) is 27.7 Å². The minimum Gasteiger partial charge on any atom is -0.495 e. The lowest BCUT2D eigenvalue weighted by Crippen LogP contribution is -2.14. The van der Waals surface area contributed by atoms with Crippen LogP contribution in [0, 0.1) is 18.3 Å². The molecule has 1 heterocycles. The van der Waals surface area contributed by atoms with Crippen LogP contribution in [0.5, 0.6) is 5.75 Å². The van der Waals surface area contributed by atoms with Crippen molar-refractivity contribution in [2.24, 2.45) is 0 Å². The van der Waals surface area contributed by atoms with E-state index in [1.54, 1.807) is 30.3 Å². The maximum Gasteiger partial charge on any atom is 0.274 e. The zero-order valence-electron chi connectivity index (χ0n) is 15.2. The van der Waals surface area contributed by atoms with E-state index in [0.717, 1.165) is 5.56 Å². The van der Waals surface area contributed by atoms with Crippen molar-refractivity contribution in [2.45, 2.75) is 6.92 Å². The fourth-order valence-electron chi connectivity index (χ4n) is 2.42. The molecule has 7 nitrogen and oxygen atoms in total. The molecule has 0 saturated heterocycles. The highest BCUT2D eigenvalue weighted by Gasteiger charge is 2.12. The van der Waals surface area contributed by atoms with Crippen LogP contribution in [0.1, 0.15) is 21.6 Å². The molecule has 2 N–H and O–H groups in total. The minimum atomic E-state index is -0.394. The van der Waals surface area contributed by atoms with E-state index in [1.807, 2.05) is 19.1 Å². The average Bonchev–Trinajstić information content (AvgIpc) is 2.71. The zero-order chi connectivity index (χ0) is 20.1. The van der Waals surface area contributed by atoms with Gasteiger partial charge in [0.15, 0.2) is 0 Å². The number of anilines is 3. The number of amides is 1. The Balaban J connectivity index is 1.79. The van der Waals surface area contributed by atoms with Gasteiger partial charge in [-0.15, -0.1) is 0 Å². The Hall–Kier alpha value is -3.63. The van der Waals surface area contributed by atoms with Gasteiger partial charge in [0.25, 0.3) is 5.91 Å². The van der Waals surface area contributed by atoms with Crippen molar-refractivity contribution in [2.75, 3.05) is 17.7 Å². The summed E-state index contributed by atoms with van der Waals surface area (Å²) in [5.41, 5.74) is 2.76. The van der Waals surface area contributed by atoms with Gasteiger partial charge in [-0.1, -0.05) is 11.6 Å². The molecule has 0 radical (unpaired) electrons. The molecule has 0 saturated carbocycles. The van der Waals surface area contributed by atoms with Crippen molar-refractivity contribution < 1.29 is 9.53 Å². The van der Waals surface area contributed by atoms with Gasteiger partial charge in [0, 0.05) is 23.0 Å². The summed E-state index contributed by atoms with van der Waals surface area (Å²) >= 11 is 6.12. The van der Waals surface area contributed by atoms with Crippen LogP contribution in [0.15, 0.2) is 48.7 Å². The van der Waals surface area contributed by atoms with Gasteiger partial charge in [-0.2, -0.15) is 5.26 Å². The van der Waals surface area contributed by atoms with E-state index in [4.69, 9.17) is 21.6 Å². The Labute approximate surface area is 167 Å². The quantitative estimate of drug-likeness (QED) is 0.669. The predicted octanol–water partition coefficient (Wildman–Crippen LogP) is 4.31. The van der Waals surface area contributed by atoms with Crippen molar-refractivity contribution in [3.63, 3.8) is 0 Å². The first kappa shape index (κ1) is 19.1. The lowest BCUT2D eigenvalue weighted by molar-refractivity contribution is 0.102. The van der Waals surface area contributed by atoms with Crippen LogP contribution < -0.4 is 15.4 Å². The molecule has 28 heavy (non-hydrogen) atoms. The maximum absolute atomic E-state index is 12.5. The third kappa shape index (κ3) is 4.37. The highest BCUT2D eigenvalue weighted by molar-refractivity contribution is 6.31. The lowest BCUT2D eigenvalue weighted by atomic mass is 10.2. The monoisotopic (exact) mass is 393 g/mol. The largest absolute Gasteiger partial charge is 0.495 e. The molecule has 0 atom stereocenters. The number of aryl methyl sites for hydroxylation is 1. The molecule has 3 aromatic rings. The number of hydrogen-bond donors (Lipinski definition) is 2. The van der Waals surface area contributed by atoms with E-state index in [9.17, 15) is 4.79 Å². The van der Waals surface area contributed by atoms with Crippen molar-refractivity contribution in [1.82, 2.24) is 9.97 Å². The number of ether oxygens (including phenoxy) is 1. The van der Waals surface area contributed by atoms with Gasteiger partial charge in [-0.3, -0.25) is 4.79 Å². The third-order valence-electron chi connectivity index (χ3n) is 3.89. The summed E-state index contributed by atoms with van der Waals surface area (Å²) in [4.78, 5) is 20.9. The van der Waals surface area contributed by atoms with Crippen molar-refractivity contribution >= 4 is 34.8 Å². The van der Waals surface area contributed by atoms with Gasteiger partial charge < -0.3 is 15.4 Å². The molecule has 8 heteroatoms. The Kier molecular flexibility index (Phi) is 5.72. The number of carbonyl (C=O) groups excluding carboxylic acids is 1. The Morgan fingerprint density at radius 3 is 2.64 bits per heavy atom. The second-order valence-electron chi connectivity index (χ2n) is 5.84. The Morgan fingerprint density at radius 1 is 1.21 bits per heavy atom. The molecule has 0 spiro atoms. The van der Waals surface area contributed by atoms with Gasteiger partial charge in [0.2, 0.25) is 5.95 Å². The first-order chi connectivity index (χ1) is 13.5. The summed E-state index contributed by atoms with van der Waals surface area (Å²) < 4.78 is 5.32. The Morgan fingerprint density at radius 2 is 1.96 bits per heavy atom. The zero-order valence-corrected chi connectivity index (χ0v) is 15.9. The minimum absolute atomic E-state index is 0.187. The van der Waals surface area contributed by atoms with Gasteiger partial charge in [0.05, 0.1) is 24.4 Å². The topological polar surface area (TPSA) is 99.9 Å². The van der Waals surface area contributed by atoms with Crippen LogP contribution in [0.3, 0.4) is 0 Å². The molecule has 1 amide bonds. The molecule has 0 aliphatic heterocycles. The number of hydrogen-bond acceptors (Lipinski definition) is 6. The molecule has 0 fully saturated rings. The number of aromatic nitrogens is 2. The molecule has 3 rings (SSSR count). The normalized spacial score (nSPS) is 10.1. The summed E-state index contributed by atoms with van der Waals surface area (Å²) in [7, 11) is 1.54. The predicted molar refractivity (Wildman–Crippen MR) is 107 cm³/mol. The van der Waals surface area contributed by atoms with Gasteiger partial charge >= 0.3 is 0 Å². The number of nitrogens with one attached hydrogen (secondary N) is 2. The number of benzene rings is 2. The summed E-state index contributed by atoms with van der Waals surface area (Å²) in [6.07, 6.45) is 1.48. The first-order valence-corrected chi connectivity index (χ1v) is 8.63. The fourth-order valence-corrected chi connectivity index (χ4v) is 2.57. The molecule has 0 unspecified atom stereocenters. The Bertz CT molecular complexity index is 1060. The van der Waals surface area contributed by atoms with E-state index in [-0.39, 0.29) is 11.6 Å². The smallest absolute Gasteiger partial charge is 0.274 e. The molecule has 0 aliphatic carbocycles. The lowest BCUT2D eigenvalue weighted by Gasteiger charge is -2.12. The van der Waals surface area contributed by atoms with Crippen LogP contribution in [0.25, 0.3) is 0 Å². The summed E-state index contributed by atoms with van der Waals surface area (Å²) in [5.74, 6) is 0.383. The van der Waals surface area contributed by atoms with Gasteiger partial charge in [-0.05, 0) is 48.9 Å². The van der Waals surface area contributed by atoms with E-state index >= 15 is 0 Å². The molecular weight excluding hydrogens is 378 g/mol. The highest BCUT2D eigenvalue weighted by atomic mass is 35.5. The maximum atomic E-state index is 12.5.